The number of thioether (sulfide) groups is 1. The van der Waals surface area contributed by atoms with Gasteiger partial charge in [-0.05, 0) is 43.2 Å². The number of ether oxygens (including phenoxy) is 2. The molecular weight excluding hydrogens is 448 g/mol. The predicted molar refractivity (Wildman–Crippen MR) is 136 cm³/mol. The highest BCUT2D eigenvalue weighted by molar-refractivity contribution is 8.00. The van der Waals surface area contributed by atoms with Crippen molar-refractivity contribution in [3.63, 3.8) is 0 Å². The van der Waals surface area contributed by atoms with Crippen LogP contribution in [0.15, 0.2) is 76.7 Å². The lowest BCUT2D eigenvalue weighted by molar-refractivity contribution is 0.0994. The third kappa shape index (κ3) is 4.56. The summed E-state index contributed by atoms with van der Waals surface area (Å²) in [5.74, 6) is 1.03. The Bertz CT molecular complexity index is 1400. The highest BCUT2D eigenvalue weighted by Crippen LogP contribution is 2.32. The smallest absolute Gasteiger partial charge is 0.266 e. The zero-order valence-electron chi connectivity index (χ0n) is 19.6. The van der Waals surface area contributed by atoms with E-state index < -0.39 is 5.25 Å². The predicted octanol–water partition coefficient (Wildman–Crippen LogP) is 5.33. The van der Waals surface area contributed by atoms with E-state index in [9.17, 15) is 9.59 Å². The van der Waals surface area contributed by atoms with Gasteiger partial charge >= 0.3 is 0 Å². The highest BCUT2D eigenvalue weighted by Gasteiger charge is 2.22. The molecule has 7 heteroatoms. The number of Topliss-reactive ketones (excluding diaryl/α,β-unsaturated/α-hetero) is 1. The minimum absolute atomic E-state index is 0.0195. The Morgan fingerprint density at radius 2 is 1.71 bits per heavy atom. The first-order valence-corrected chi connectivity index (χ1v) is 11.9. The summed E-state index contributed by atoms with van der Waals surface area (Å²) in [6, 6.07) is 20.1. The van der Waals surface area contributed by atoms with Crippen molar-refractivity contribution in [2.75, 3.05) is 14.2 Å². The van der Waals surface area contributed by atoms with E-state index in [4.69, 9.17) is 14.5 Å². The molecule has 1 atom stereocenters. The standard InChI is InChI=1S/C27H26N2O4S/c1-5-18-10-12-19(13-11-18)25(30)17(2)34-27-28-22-9-7-6-8-21(22)26(31)29(27)20-14-15-23(32-3)24(16-20)33-4/h6-17H,5H2,1-4H3. The second-order valence-corrected chi connectivity index (χ2v) is 9.07. The van der Waals surface area contributed by atoms with E-state index in [-0.39, 0.29) is 11.3 Å². The molecule has 0 radical (unpaired) electrons. The maximum atomic E-state index is 13.5. The number of methoxy groups -OCH3 is 2. The van der Waals surface area contributed by atoms with Gasteiger partial charge in [0.25, 0.3) is 5.56 Å². The second-order valence-electron chi connectivity index (χ2n) is 7.77. The molecule has 6 nitrogen and oxygen atoms in total. The second kappa shape index (κ2) is 10.1. The summed E-state index contributed by atoms with van der Waals surface area (Å²) in [5, 5.41) is 0.477. The zero-order chi connectivity index (χ0) is 24.2. The Morgan fingerprint density at radius 3 is 2.38 bits per heavy atom. The number of hydrogen-bond donors (Lipinski definition) is 0. The van der Waals surface area contributed by atoms with Crippen molar-refractivity contribution in [2.45, 2.75) is 30.7 Å². The average Bonchev–Trinajstić information content (AvgIpc) is 2.88. The van der Waals surface area contributed by atoms with Crippen LogP contribution in [0.4, 0.5) is 0 Å². The molecule has 174 valence electrons. The number of carbonyl (C=O) groups excluding carboxylic acids is 1. The van der Waals surface area contributed by atoms with Gasteiger partial charge in [0.1, 0.15) is 0 Å². The summed E-state index contributed by atoms with van der Waals surface area (Å²) in [7, 11) is 3.10. The van der Waals surface area contributed by atoms with Crippen LogP contribution < -0.4 is 15.0 Å². The van der Waals surface area contributed by atoms with Gasteiger partial charge in [-0.25, -0.2) is 4.98 Å². The summed E-state index contributed by atoms with van der Waals surface area (Å²) in [6.07, 6.45) is 0.914. The molecule has 0 bridgehead atoms. The first-order valence-electron chi connectivity index (χ1n) is 11.0. The number of benzene rings is 3. The number of hydrogen-bond acceptors (Lipinski definition) is 6. The monoisotopic (exact) mass is 474 g/mol. The fourth-order valence-corrected chi connectivity index (χ4v) is 4.74. The number of fused-ring (bicyclic) bond motifs is 1. The van der Waals surface area contributed by atoms with Gasteiger partial charge < -0.3 is 9.47 Å². The zero-order valence-corrected chi connectivity index (χ0v) is 20.4. The van der Waals surface area contributed by atoms with Gasteiger partial charge in [-0.1, -0.05) is 55.1 Å². The lowest BCUT2D eigenvalue weighted by atomic mass is 10.1. The van der Waals surface area contributed by atoms with Gasteiger partial charge in [-0.15, -0.1) is 0 Å². The van der Waals surface area contributed by atoms with Crippen molar-refractivity contribution in [3.8, 4) is 17.2 Å². The number of rotatable bonds is 8. The van der Waals surface area contributed by atoms with Crippen molar-refractivity contribution in [2.24, 2.45) is 0 Å². The molecule has 1 unspecified atom stereocenters. The molecule has 1 heterocycles. The van der Waals surface area contributed by atoms with Crippen LogP contribution in [0.2, 0.25) is 0 Å². The number of nitrogens with zero attached hydrogens (tertiary/aromatic N) is 2. The molecule has 0 saturated carbocycles. The lowest BCUT2D eigenvalue weighted by Gasteiger charge is -2.17. The normalized spacial score (nSPS) is 11.9. The molecular formula is C27H26N2O4S. The van der Waals surface area contributed by atoms with Gasteiger partial charge in [-0.3, -0.25) is 14.2 Å². The Hall–Kier alpha value is -3.58. The topological polar surface area (TPSA) is 70.4 Å². The number of aryl methyl sites for hydroxylation is 1. The number of carbonyl (C=O) groups is 1. The summed E-state index contributed by atoms with van der Waals surface area (Å²) in [4.78, 5) is 31.5. The Labute approximate surface area is 202 Å². The Kier molecular flexibility index (Phi) is 7.03. The Balaban J connectivity index is 1.80. The van der Waals surface area contributed by atoms with Gasteiger partial charge in [-0.2, -0.15) is 0 Å². The molecule has 0 aliphatic rings. The van der Waals surface area contributed by atoms with Crippen LogP contribution in [0.5, 0.6) is 11.5 Å². The minimum atomic E-state index is -0.452. The third-order valence-electron chi connectivity index (χ3n) is 5.67. The van der Waals surface area contributed by atoms with Gasteiger partial charge in [0, 0.05) is 11.6 Å². The first kappa shape index (κ1) is 23.6. The maximum Gasteiger partial charge on any atom is 0.266 e. The van der Waals surface area contributed by atoms with Crippen LogP contribution in [0.25, 0.3) is 16.6 Å². The van der Waals surface area contributed by atoms with Crippen molar-refractivity contribution >= 4 is 28.4 Å². The van der Waals surface area contributed by atoms with Crippen molar-refractivity contribution in [3.05, 3.63) is 88.2 Å². The van der Waals surface area contributed by atoms with E-state index in [1.54, 1.807) is 44.6 Å². The van der Waals surface area contributed by atoms with Gasteiger partial charge in [0.05, 0.1) is 36.1 Å². The highest BCUT2D eigenvalue weighted by atomic mass is 32.2. The molecule has 4 aromatic rings. The molecule has 0 aliphatic carbocycles. The summed E-state index contributed by atoms with van der Waals surface area (Å²) < 4.78 is 12.3. The lowest BCUT2D eigenvalue weighted by Crippen LogP contribution is -2.24. The fourth-order valence-electron chi connectivity index (χ4n) is 3.73. The van der Waals surface area contributed by atoms with Crippen LogP contribution >= 0.6 is 11.8 Å². The third-order valence-corrected chi connectivity index (χ3v) is 6.72. The molecule has 0 saturated heterocycles. The van der Waals surface area contributed by atoms with E-state index in [2.05, 4.69) is 6.92 Å². The molecule has 0 amide bonds. The molecule has 4 rings (SSSR count). The van der Waals surface area contributed by atoms with Crippen molar-refractivity contribution < 1.29 is 14.3 Å². The summed E-state index contributed by atoms with van der Waals surface area (Å²) in [6.45, 7) is 3.91. The largest absolute Gasteiger partial charge is 0.493 e. The number of aromatic nitrogens is 2. The number of para-hydroxylation sites is 1. The summed E-state index contributed by atoms with van der Waals surface area (Å²) >= 11 is 1.26. The van der Waals surface area contributed by atoms with E-state index in [0.717, 1.165) is 6.42 Å². The van der Waals surface area contributed by atoms with Crippen molar-refractivity contribution in [1.82, 2.24) is 9.55 Å². The summed E-state index contributed by atoms with van der Waals surface area (Å²) in [5.41, 5.74) is 2.76. The van der Waals surface area contributed by atoms with Crippen LogP contribution in [0.3, 0.4) is 0 Å². The van der Waals surface area contributed by atoms with Crippen molar-refractivity contribution in [1.29, 1.82) is 0 Å². The van der Waals surface area contributed by atoms with Gasteiger partial charge in [0.15, 0.2) is 22.4 Å². The number of ketones is 1. The quantitative estimate of drug-likeness (QED) is 0.195. The first-order chi connectivity index (χ1) is 16.5. The Morgan fingerprint density at radius 1 is 1.00 bits per heavy atom. The van der Waals surface area contributed by atoms with E-state index in [0.29, 0.717) is 38.8 Å². The van der Waals surface area contributed by atoms with Crippen LogP contribution in [-0.4, -0.2) is 34.8 Å². The average molecular weight is 475 g/mol. The molecule has 1 aromatic heterocycles. The molecule has 0 N–H and O–H groups in total. The van der Waals surface area contributed by atoms with Crippen LogP contribution in [0.1, 0.15) is 29.8 Å². The van der Waals surface area contributed by atoms with E-state index >= 15 is 0 Å². The van der Waals surface area contributed by atoms with Crippen LogP contribution in [0, 0.1) is 0 Å². The van der Waals surface area contributed by atoms with E-state index in [1.165, 1.54) is 21.9 Å². The SMILES string of the molecule is CCc1ccc(C(=O)C(C)Sc2nc3ccccc3c(=O)n2-c2ccc(OC)c(OC)c2)cc1. The van der Waals surface area contributed by atoms with Gasteiger partial charge in [0.2, 0.25) is 0 Å². The molecule has 0 spiro atoms. The molecule has 0 fully saturated rings. The fraction of sp³-hybridized carbons (Fsp3) is 0.222. The minimum Gasteiger partial charge on any atom is -0.493 e. The molecule has 3 aromatic carbocycles. The maximum absolute atomic E-state index is 13.5. The molecule has 34 heavy (non-hydrogen) atoms. The van der Waals surface area contributed by atoms with E-state index in [1.807, 2.05) is 43.3 Å². The van der Waals surface area contributed by atoms with Crippen LogP contribution in [-0.2, 0) is 6.42 Å². The molecule has 0 aliphatic heterocycles.